The lowest BCUT2D eigenvalue weighted by Gasteiger charge is -2.18. The maximum atomic E-state index is 12.3. The lowest BCUT2D eigenvalue weighted by molar-refractivity contribution is -0.117. The van der Waals surface area contributed by atoms with Crippen LogP contribution < -0.4 is 20.3 Å². The number of aryl methyl sites for hydroxylation is 1. The molecule has 1 atom stereocenters. The zero-order chi connectivity index (χ0) is 19.5. The molecule has 0 saturated carbocycles. The van der Waals surface area contributed by atoms with Gasteiger partial charge in [-0.2, -0.15) is 0 Å². The van der Waals surface area contributed by atoms with Crippen molar-refractivity contribution in [3.8, 4) is 11.5 Å². The van der Waals surface area contributed by atoms with Gasteiger partial charge in [0.25, 0.3) is 11.8 Å². The lowest BCUT2D eigenvalue weighted by Crippen LogP contribution is -2.40. The summed E-state index contributed by atoms with van der Waals surface area (Å²) in [6, 6.07) is 7.41. The number of hydrogen-bond donors (Lipinski definition) is 2. The predicted octanol–water partition coefficient (Wildman–Crippen LogP) is 3.12. The number of carbonyl (C=O) groups excluding carboxylic acids is 2. The summed E-state index contributed by atoms with van der Waals surface area (Å²) in [5.74, 6) is 1.33. The molecule has 2 aliphatic rings. The summed E-state index contributed by atoms with van der Waals surface area (Å²) in [5.41, 5.74) is 6.98. The summed E-state index contributed by atoms with van der Waals surface area (Å²) in [5, 5.41) is 0. The second-order valence-corrected chi connectivity index (χ2v) is 8.22. The Kier molecular flexibility index (Phi) is 5.34. The molecule has 0 spiro atoms. The molecular weight excluding hydrogens is 376 g/mol. The van der Waals surface area contributed by atoms with Crippen LogP contribution in [0.5, 0.6) is 11.5 Å². The molecule has 1 aliphatic carbocycles. The van der Waals surface area contributed by atoms with Gasteiger partial charge in [0.1, 0.15) is 13.2 Å². The molecule has 0 radical (unpaired) electrons. The van der Waals surface area contributed by atoms with Crippen LogP contribution in [-0.2, 0) is 17.6 Å². The molecule has 0 unspecified atom stereocenters. The Hall–Kier alpha value is -2.80. The summed E-state index contributed by atoms with van der Waals surface area (Å²) >= 11 is 1.51. The highest BCUT2D eigenvalue weighted by Gasteiger charge is 2.20. The minimum atomic E-state index is -0.404. The van der Waals surface area contributed by atoms with Gasteiger partial charge in [-0.05, 0) is 60.6 Å². The second-order valence-electron chi connectivity index (χ2n) is 7.09. The Morgan fingerprint density at radius 2 is 1.96 bits per heavy atom. The zero-order valence-electron chi connectivity index (χ0n) is 15.6. The quantitative estimate of drug-likeness (QED) is 0.615. The van der Waals surface area contributed by atoms with Gasteiger partial charge in [0, 0.05) is 11.0 Å². The van der Waals surface area contributed by atoms with Crippen molar-refractivity contribution < 1.29 is 19.1 Å². The maximum Gasteiger partial charge on any atom is 0.279 e. The first kappa shape index (κ1) is 18.6. The van der Waals surface area contributed by atoms with E-state index in [1.54, 1.807) is 6.08 Å². The van der Waals surface area contributed by atoms with Crippen molar-refractivity contribution in [1.29, 1.82) is 0 Å². The Morgan fingerprint density at radius 1 is 1.14 bits per heavy atom. The third-order valence-corrected chi connectivity index (χ3v) is 6.08. The largest absolute Gasteiger partial charge is 0.486 e. The minimum Gasteiger partial charge on any atom is -0.486 e. The number of hydrazine groups is 1. The molecule has 146 valence electrons. The number of thiophene rings is 1. The number of carbonyl (C=O) groups is 2. The van der Waals surface area contributed by atoms with E-state index in [2.05, 4.69) is 17.8 Å². The average molecular weight is 398 g/mol. The molecule has 1 aromatic heterocycles. The monoisotopic (exact) mass is 398 g/mol. The first-order valence-electron chi connectivity index (χ1n) is 9.38. The molecule has 2 heterocycles. The van der Waals surface area contributed by atoms with E-state index in [9.17, 15) is 9.59 Å². The average Bonchev–Trinajstić information content (AvgIpc) is 3.13. The Balaban J connectivity index is 1.32. The molecule has 7 heteroatoms. The van der Waals surface area contributed by atoms with Gasteiger partial charge in [0.05, 0.1) is 4.88 Å². The first-order chi connectivity index (χ1) is 13.6. The highest BCUT2D eigenvalue weighted by atomic mass is 32.1. The molecule has 0 fully saturated rings. The van der Waals surface area contributed by atoms with E-state index in [0.29, 0.717) is 35.5 Å². The second kappa shape index (κ2) is 8.06. The van der Waals surface area contributed by atoms with Gasteiger partial charge in [-0.25, -0.2) is 0 Å². The van der Waals surface area contributed by atoms with Crippen LogP contribution >= 0.6 is 11.3 Å². The van der Waals surface area contributed by atoms with Crippen LogP contribution in [0.25, 0.3) is 6.08 Å². The molecule has 2 amide bonds. The normalized spacial score (nSPS) is 17.8. The Labute approximate surface area is 167 Å². The Morgan fingerprint density at radius 3 is 2.82 bits per heavy atom. The van der Waals surface area contributed by atoms with Crippen LogP contribution in [0.3, 0.4) is 0 Å². The van der Waals surface area contributed by atoms with Crippen molar-refractivity contribution >= 4 is 29.2 Å². The number of rotatable bonds is 3. The summed E-state index contributed by atoms with van der Waals surface area (Å²) in [6.07, 6.45) is 6.23. The molecule has 6 nitrogen and oxygen atoms in total. The van der Waals surface area contributed by atoms with E-state index in [1.807, 2.05) is 24.3 Å². The van der Waals surface area contributed by atoms with Gasteiger partial charge < -0.3 is 9.47 Å². The van der Waals surface area contributed by atoms with Crippen molar-refractivity contribution in [2.45, 2.75) is 26.2 Å². The van der Waals surface area contributed by atoms with Crippen molar-refractivity contribution in [1.82, 2.24) is 10.9 Å². The van der Waals surface area contributed by atoms with E-state index < -0.39 is 5.91 Å². The predicted molar refractivity (Wildman–Crippen MR) is 108 cm³/mol. The minimum absolute atomic E-state index is 0.284. The first-order valence-corrected chi connectivity index (χ1v) is 10.2. The number of hydrogen-bond acceptors (Lipinski definition) is 5. The fraction of sp³-hybridized carbons (Fsp3) is 0.333. The van der Waals surface area contributed by atoms with Crippen LogP contribution in [0.2, 0.25) is 0 Å². The lowest BCUT2D eigenvalue weighted by atomic mass is 9.90. The molecule has 0 bridgehead atoms. The van der Waals surface area contributed by atoms with Crippen molar-refractivity contribution in [3.63, 3.8) is 0 Å². The molecule has 28 heavy (non-hydrogen) atoms. The molecule has 1 aromatic carbocycles. The molecule has 0 saturated heterocycles. The van der Waals surface area contributed by atoms with E-state index in [-0.39, 0.29) is 5.91 Å². The zero-order valence-corrected chi connectivity index (χ0v) is 16.4. The molecule has 2 N–H and O–H groups in total. The molecule has 2 aromatic rings. The fourth-order valence-electron chi connectivity index (χ4n) is 3.37. The molecular formula is C21H22N2O4S. The Bertz CT molecular complexity index is 934. The van der Waals surface area contributed by atoms with Gasteiger partial charge in [-0.1, -0.05) is 13.0 Å². The third kappa shape index (κ3) is 4.20. The number of fused-ring (bicyclic) bond motifs is 2. The van der Waals surface area contributed by atoms with Crippen molar-refractivity contribution in [2.24, 2.45) is 5.92 Å². The fourth-order valence-corrected chi connectivity index (χ4v) is 4.48. The van der Waals surface area contributed by atoms with Crippen molar-refractivity contribution in [3.05, 3.63) is 51.2 Å². The number of benzene rings is 1. The topological polar surface area (TPSA) is 76.7 Å². The van der Waals surface area contributed by atoms with Crippen LogP contribution in [-0.4, -0.2) is 25.0 Å². The number of nitrogens with one attached hydrogen (secondary N) is 2. The van der Waals surface area contributed by atoms with E-state index in [1.165, 1.54) is 27.9 Å². The maximum absolute atomic E-state index is 12.3. The summed E-state index contributed by atoms with van der Waals surface area (Å²) < 4.78 is 11.0. The third-order valence-electron chi connectivity index (χ3n) is 4.85. The van der Waals surface area contributed by atoms with Crippen molar-refractivity contribution in [2.75, 3.05) is 13.2 Å². The van der Waals surface area contributed by atoms with E-state index in [4.69, 9.17) is 9.47 Å². The smallest absolute Gasteiger partial charge is 0.279 e. The van der Waals surface area contributed by atoms with Crippen LogP contribution in [0.1, 0.15) is 39.0 Å². The van der Waals surface area contributed by atoms with Gasteiger partial charge in [-0.15, -0.1) is 11.3 Å². The van der Waals surface area contributed by atoms with Crippen LogP contribution in [0.15, 0.2) is 30.3 Å². The van der Waals surface area contributed by atoms with Crippen LogP contribution in [0.4, 0.5) is 0 Å². The van der Waals surface area contributed by atoms with Gasteiger partial charge in [-0.3, -0.25) is 20.4 Å². The van der Waals surface area contributed by atoms with Crippen LogP contribution in [0, 0.1) is 5.92 Å². The summed E-state index contributed by atoms with van der Waals surface area (Å²) in [7, 11) is 0. The molecule has 4 rings (SSSR count). The van der Waals surface area contributed by atoms with E-state index >= 15 is 0 Å². The van der Waals surface area contributed by atoms with E-state index in [0.717, 1.165) is 24.8 Å². The number of ether oxygens (including phenoxy) is 2. The van der Waals surface area contributed by atoms with Gasteiger partial charge in [0.2, 0.25) is 0 Å². The standard InChI is InChI=1S/C21H22N2O4S/c1-13-2-6-18-15(10-13)12-19(28-18)21(25)23-22-20(24)7-4-14-3-5-16-17(11-14)27-9-8-26-16/h3-5,7,11-13H,2,6,8-10H2,1H3,(H,22,24)(H,23,25)/b7-4+/t13-/m1/s1. The van der Waals surface area contributed by atoms with Gasteiger partial charge >= 0.3 is 0 Å². The summed E-state index contributed by atoms with van der Waals surface area (Å²) in [4.78, 5) is 26.2. The highest BCUT2D eigenvalue weighted by molar-refractivity contribution is 7.14. The highest BCUT2D eigenvalue weighted by Crippen LogP contribution is 2.32. The number of amides is 2. The SMILES string of the molecule is C[C@@H]1CCc2sc(C(=O)NNC(=O)/C=C/c3ccc4c(c3)OCCO4)cc2C1. The molecule has 1 aliphatic heterocycles. The van der Waals surface area contributed by atoms with Gasteiger partial charge in [0.15, 0.2) is 11.5 Å². The summed E-state index contributed by atoms with van der Waals surface area (Å²) in [6.45, 7) is 3.28.